The molecule has 2 atom stereocenters. The molecule has 0 radical (unpaired) electrons. The zero-order chi connectivity index (χ0) is 26.8. The zero-order valence-corrected chi connectivity index (χ0v) is 21.9. The monoisotopic (exact) mass is 515 g/mol. The average molecular weight is 516 g/mol. The molecule has 1 saturated heterocycles. The van der Waals surface area contributed by atoms with Crippen molar-refractivity contribution in [2.75, 3.05) is 32.2 Å². The zero-order valence-electron chi connectivity index (χ0n) is 21.9. The van der Waals surface area contributed by atoms with E-state index in [1.165, 1.54) is 13.4 Å². The predicted octanol–water partition coefficient (Wildman–Crippen LogP) is 2.14. The largest absolute Gasteiger partial charge is 0.374 e. The molecule has 2 N–H and O–H groups in total. The molecule has 1 fully saturated rings. The van der Waals surface area contributed by atoms with Crippen molar-refractivity contribution in [1.29, 1.82) is 0 Å². The highest BCUT2D eigenvalue weighted by molar-refractivity contribution is 5.97. The Hall–Kier alpha value is -3.28. The van der Waals surface area contributed by atoms with Crippen LogP contribution in [0.4, 0.5) is 5.82 Å². The van der Waals surface area contributed by atoms with Gasteiger partial charge in [-0.15, -0.1) is 0 Å². The number of amides is 3. The van der Waals surface area contributed by atoms with Crippen LogP contribution in [-0.4, -0.2) is 71.1 Å². The van der Waals surface area contributed by atoms with Crippen LogP contribution in [0, 0.1) is 5.41 Å². The lowest BCUT2D eigenvalue weighted by Gasteiger charge is -2.24. The fourth-order valence-corrected chi connectivity index (χ4v) is 3.88. The Bertz CT molecular complexity index is 1040. The molecule has 2 unspecified atom stereocenters. The molecule has 11 nitrogen and oxygen atoms in total. The van der Waals surface area contributed by atoms with Gasteiger partial charge >= 0.3 is 0 Å². The second kappa shape index (κ2) is 13.3. The number of hydrogen-bond acceptors (Lipinski definition) is 7. The molecule has 1 aliphatic rings. The quantitative estimate of drug-likeness (QED) is 0.328. The Morgan fingerprint density at radius 3 is 2.65 bits per heavy atom. The summed E-state index contributed by atoms with van der Waals surface area (Å²) in [7, 11) is 1.44. The molecule has 3 rings (SSSR count). The minimum Gasteiger partial charge on any atom is -0.374 e. The highest BCUT2D eigenvalue weighted by Crippen LogP contribution is 2.19. The van der Waals surface area contributed by atoms with Gasteiger partial charge in [0.1, 0.15) is 19.2 Å². The van der Waals surface area contributed by atoms with Gasteiger partial charge in [0.05, 0.1) is 32.7 Å². The Morgan fingerprint density at radius 2 is 1.95 bits per heavy atom. The lowest BCUT2D eigenvalue weighted by molar-refractivity contribution is -0.278. The molecule has 2 aromatic rings. The second-order valence-corrected chi connectivity index (χ2v) is 10.0. The Balaban J connectivity index is 1.58. The number of hydrogen-bond donors (Lipinski definition) is 2. The third-order valence-corrected chi connectivity index (χ3v) is 5.98. The molecular formula is C26H37N5O6. The van der Waals surface area contributed by atoms with E-state index in [2.05, 4.69) is 20.5 Å². The van der Waals surface area contributed by atoms with Gasteiger partial charge < -0.3 is 24.8 Å². The molecule has 1 aromatic heterocycles. The van der Waals surface area contributed by atoms with E-state index in [-0.39, 0.29) is 36.8 Å². The lowest BCUT2D eigenvalue weighted by atomic mass is 9.95. The van der Waals surface area contributed by atoms with E-state index in [0.29, 0.717) is 19.8 Å². The van der Waals surface area contributed by atoms with Crippen LogP contribution < -0.4 is 10.6 Å². The minimum absolute atomic E-state index is 0.0123. The number of nitrogens with one attached hydrogen (secondary N) is 2. The van der Waals surface area contributed by atoms with Crippen LogP contribution in [0.5, 0.6) is 0 Å². The summed E-state index contributed by atoms with van der Waals surface area (Å²) in [6.07, 6.45) is 4.83. The first-order valence-electron chi connectivity index (χ1n) is 12.4. The fraction of sp³-hybridized carbons (Fsp3) is 0.538. The summed E-state index contributed by atoms with van der Waals surface area (Å²) >= 11 is 0. The molecule has 202 valence electrons. The normalized spacial score (nSPS) is 16.4. The summed E-state index contributed by atoms with van der Waals surface area (Å²) in [5.41, 5.74) is 0.281. The Labute approximate surface area is 217 Å². The van der Waals surface area contributed by atoms with E-state index in [9.17, 15) is 14.4 Å². The number of nitrogens with zero attached hydrogens (tertiary/aromatic N) is 3. The molecule has 0 aliphatic carbocycles. The van der Waals surface area contributed by atoms with Crippen molar-refractivity contribution in [2.45, 2.75) is 58.8 Å². The molecule has 1 aliphatic heterocycles. The van der Waals surface area contributed by atoms with Gasteiger partial charge in [-0.2, -0.15) is 0 Å². The average Bonchev–Trinajstić information content (AvgIpc) is 3.51. The maximum absolute atomic E-state index is 13.0. The van der Waals surface area contributed by atoms with E-state index in [4.69, 9.17) is 9.62 Å². The first-order chi connectivity index (χ1) is 17.7. The number of imidazole rings is 1. The van der Waals surface area contributed by atoms with Gasteiger partial charge in [-0.3, -0.25) is 14.4 Å². The number of anilines is 1. The van der Waals surface area contributed by atoms with Crippen LogP contribution in [0.3, 0.4) is 0 Å². The van der Waals surface area contributed by atoms with Gasteiger partial charge in [-0.25, -0.2) is 14.8 Å². The molecule has 1 aromatic carbocycles. The molecule has 0 saturated carbocycles. The summed E-state index contributed by atoms with van der Waals surface area (Å²) in [6, 6.07) is 8.62. The van der Waals surface area contributed by atoms with E-state index in [1.807, 2.05) is 30.3 Å². The van der Waals surface area contributed by atoms with E-state index in [1.54, 1.807) is 36.4 Å². The second-order valence-electron chi connectivity index (χ2n) is 10.0. The number of carbonyl (C=O) groups excluding carboxylic acids is 3. The number of benzene rings is 1. The Kier molecular flexibility index (Phi) is 10.2. The third kappa shape index (κ3) is 8.66. The first-order valence-corrected chi connectivity index (χ1v) is 12.4. The SMILES string of the molecule is COOCC1CCCN1C(=O)Cn1cnc(NC(=O)C(COCc2ccccc2)NC(=O)C(C)(C)C)c1. The van der Waals surface area contributed by atoms with Crippen LogP contribution >= 0.6 is 0 Å². The number of likely N-dealkylation sites (tertiary alicyclic amines) is 1. The highest BCUT2D eigenvalue weighted by Gasteiger charge is 2.30. The van der Waals surface area contributed by atoms with Crippen LogP contribution in [0.2, 0.25) is 0 Å². The minimum atomic E-state index is -0.923. The predicted molar refractivity (Wildman–Crippen MR) is 136 cm³/mol. The summed E-state index contributed by atoms with van der Waals surface area (Å²) in [4.78, 5) is 54.1. The molecule has 2 heterocycles. The van der Waals surface area contributed by atoms with Crippen LogP contribution in [0.25, 0.3) is 0 Å². The molecule has 37 heavy (non-hydrogen) atoms. The molecular weight excluding hydrogens is 478 g/mol. The van der Waals surface area contributed by atoms with Gasteiger partial charge in [0.2, 0.25) is 11.8 Å². The Morgan fingerprint density at radius 1 is 1.19 bits per heavy atom. The summed E-state index contributed by atoms with van der Waals surface area (Å²) in [5.74, 6) is -0.526. The first kappa shape index (κ1) is 28.3. The van der Waals surface area contributed by atoms with Crippen molar-refractivity contribution in [1.82, 2.24) is 19.8 Å². The van der Waals surface area contributed by atoms with Gasteiger partial charge in [0.25, 0.3) is 5.91 Å². The van der Waals surface area contributed by atoms with Crippen LogP contribution in [0.1, 0.15) is 39.2 Å². The molecule has 0 spiro atoms. The van der Waals surface area contributed by atoms with E-state index < -0.39 is 17.4 Å². The number of carbonyl (C=O) groups is 3. The van der Waals surface area contributed by atoms with Crippen molar-refractivity contribution in [3.8, 4) is 0 Å². The van der Waals surface area contributed by atoms with Gasteiger partial charge in [0, 0.05) is 18.2 Å². The van der Waals surface area contributed by atoms with Gasteiger partial charge in [-0.05, 0) is 18.4 Å². The van der Waals surface area contributed by atoms with Crippen molar-refractivity contribution in [3.63, 3.8) is 0 Å². The van der Waals surface area contributed by atoms with Crippen molar-refractivity contribution >= 4 is 23.5 Å². The van der Waals surface area contributed by atoms with Crippen molar-refractivity contribution in [3.05, 3.63) is 48.4 Å². The van der Waals surface area contributed by atoms with Crippen LogP contribution in [-0.2, 0) is 42.0 Å². The summed E-state index contributed by atoms with van der Waals surface area (Å²) in [6.45, 7) is 6.67. The fourth-order valence-electron chi connectivity index (χ4n) is 3.88. The number of ether oxygens (including phenoxy) is 1. The number of rotatable bonds is 12. The van der Waals surface area contributed by atoms with E-state index >= 15 is 0 Å². The van der Waals surface area contributed by atoms with Crippen molar-refractivity contribution < 1.29 is 28.9 Å². The van der Waals surface area contributed by atoms with Gasteiger partial charge in [-0.1, -0.05) is 51.1 Å². The van der Waals surface area contributed by atoms with E-state index in [0.717, 1.165) is 18.4 Å². The topological polar surface area (TPSA) is 124 Å². The molecule has 3 amide bonds. The lowest BCUT2D eigenvalue weighted by Crippen LogP contribution is -2.50. The number of aromatic nitrogens is 2. The van der Waals surface area contributed by atoms with Crippen LogP contribution in [0.15, 0.2) is 42.9 Å². The molecule has 0 bridgehead atoms. The maximum Gasteiger partial charge on any atom is 0.250 e. The standard InChI is InChI=1S/C26H37N5O6/c1-26(2,3)25(34)28-21(17-36-15-19-9-6-5-7-10-19)24(33)29-22-13-30(18-27-22)14-23(32)31-12-8-11-20(31)16-37-35-4/h5-7,9-10,13,18,20-21H,8,11-12,14-17H2,1-4H3,(H,28,34)(H,29,33). The maximum atomic E-state index is 13.0. The van der Waals surface area contributed by atoms with Crippen molar-refractivity contribution in [2.24, 2.45) is 5.41 Å². The molecule has 11 heteroatoms. The summed E-state index contributed by atoms with van der Waals surface area (Å²) in [5, 5.41) is 5.49. The highest BCUT2D eigenvalue weighted by atomic mass is 17.2. The summed E-state index contributed by atoms with van der Waals surface area (Å²) < 4.78 is 7.35. The smallest absolute Gasteiger partial charge is 0.250 e. The third-order valence-electron chi connectivity index (χ3n) is 5.98. The van der Waals surface area contributed by atoms with Gasteiger partial charge in [0.15, 0.2) is 5.82 Å².